The molecule has 1 fully saturated rings. The molecule has 0 radical (unpaired) electrons. The van der Waals surface area contributed by atoms with E-state index in [1.54, 1.807) is 0 Å². The summed E-state index contributed by atoms with van der Waals surface area (Å²) >= 11 is 5.80. The molecule has 3 heteroatoms. The fourth-order valence-electron chi connectivity index (χ4n) is 2.34. The second-order valence-corrected chi connectivity index (χ2v) is 5.74. The van der Waals surface area contributed by atoms with E-state index < -0.39 is 0 Å². The average molecular weight is 246 g/mol. The maximum Gasteiger partial charge on any atom is 0.222 e. The highest BCUT2D eigenvalue weighted by Gasteiger charge is 2.24. The van der Waals surface area contributed by atoms with Crippen molar-refractivity contribution in [2.45, 2.75) is 40.0 Å². The van der Waals surface area contributed by atoms with Gasteiger partial charge in [-0.1, -0.05) is 20.8 Å². The Kier molecular flexibility index (Phi) is 5.60. The Morgan fingerprint density at radius 2 is 2.06 bits per heavy atom. The summed E-state index contributed by atoms with van der Waals surface area (Å²) in [7, 11) is 0. The second-order valence-electron chi connectivity index (χ2n) is 5.43. The Morgan fingerprint density at radius 1 is 1.38 bits per heavy atom. The predicted octanol–water partition coefficient (Wildman–Crippen LogP) is 3.15. The number of nitrogens with zero attached hydrogens (tertiary/aromatic N) is 1. The van der Waals surface area contributed by atoms with Crippen LogP contribution in [-0.2, 0) is 4.79 Å². The minimum absolute atomic E-state index is 0.320. The highest BCUT2D eigenvalue weighted by molar-refractivity contribution is 6.18. The topological polar surface area (TPSA) is 20.3 Å². The van der Waals surface area contributed by atoms with Crippen LogP contribution in [0.2, 0.25) is 0 Å². The number of halogens is 1. The highest BCUT2D eigenvalue weighted by atomic mass is 35.5. The van der Waals surface area contributed by atoms with Crippen LogP contribution in [0.4, 0.5) is 0 Å². The van der Waals surface area contributed by atoms with Crippen molar-refractivity contribution < 1.29 is 4.79 Å². The Morgan fingerprint density at radius 3 is 2.62 bits per heavy atom. The first kappa shape index (κ1) is 13.8. The number of likely N-dealkylation sites (tertiary alicyclic amines) is 1. The summed E-state index contributed by atoms with van der Waals surface area (Å²) in [5.74, 6) is 2.76. The molecule has 2 atom stereocenters. The summed E-state index contributed by atoms with van der Waals surface area (Å²) in [4.78, 5) is 13.9. The molecule has 1 aliphatic heterocycles. The molecule has 1 amide bonds. The highest BCUT2D eigenvalue weighted by Crippen LogP contribution is 2.25. The number of hydrogen-bond donors (Lipinski definition) is 0. The van der Waals surface area contributed by atoms with Gasteiger partial charge in [-0.2, -0.15) is 0 Å². The number of amides is 1. The van der Waals surface area contributed by atoms with E-state index in [1.807, 2.05) is 4.90 Å². The number of alkyl halides is 1. The molecule has 0 bridgehead atoms. The van der Waals surface area contributed by atoms with Crippen molar-refractivity contribution >= 4 is 17.5 Å². The summed E-state index contributed by atoms with van der Waals surface area (Å²) in [6, 6.07) is 0. The zero-order valence-corrected chi connectivity index (χ0v) is 11.5. The zero-order chi connectivity index (χ0) is 12.1. The Balaban J connectivity index is 2.50. The largest absolute Gasteiger partial charge is 0.342 e. The van der Waals surface area contributed by atoms with Crippen LogP contribution in [0, 0.1) is 17.8 Å². The normalized spacial score (nSPS) is 24.7. The van der Waals surface area contributed by atoms with Crippen molar-refractivity contribution in [1.29, 1.82) is 0 Å². The number of rotatable bonds is 4. The molecule has 1 rings (SSSR count). The summed E-state index contributed by atoms with van der Waals surface area (Å²) in [6.07, 6.45) is 2.93. The van der Waals surface area contributed by atoms with E-state index in [2.05, 4.69) is 20.8 Å². The fraction of sp³-hybridized carbons (Fsp3) is 0.923. The Bertz CT molecular complexity index is 230. The predicted molar refractivity (Wildman–Crippen MR) is 68.6 cm³/mol. The Labute approximate surface area is 104 Å². The van der Waals surface area contributed by atoms with E-state index >= 15 is 0 Å². The first-order valence-electron chi connectivity index (χ1n) is 6.38. The van der Waals surface area contributed by atoms with Crippen molar-refractivity contribution in [2.75, 3.05) is 19.0 Å². The molecule has 1 heterocycles. The van der Waals surface area contributed by atoms with E-state index in [9.17, 15) is 4.79 Å². The van der Waals surface area contributed by atoms with Gasteiger partial charge in [0.1, 0.15) is 0 Å². The molecule has 1 saturated heterocycles. The molecular weight excluding hydrogens is 222 g/mol. The lowest BCUT2D eigenvalue weighted by Crippen LogP contribution is -2.34. The molecule has 0 aromatic rings. The van der Waals surface area contributed by atoms with Gasteiger partial charge in [0.25, 0.3) is 0 Å². The summed E-state index contributed by atoms with van der Waals surface area (Å²) < 4.78 is 0. The third kappa shape index (κ3) is 3.97. The van der Waals surface area contributed by atoms with Crippen LogP contribution >= 0.6 is 11.6 Å². The fourth-order valence-corrected chi connectivity index (χ4v) is 2.44. The average Bonchev–Trinajstić information content (AvgIpc) is 2.42. The van der Waals surface area contributed by atoms with Gasteiger partial charge in [0.15, 0.2) is 0 Å². The van der Waals surface area contributed by atoms with E-state index in [0.717, 1.165) is 32.4 Å². The maximum absolute atomic E-state index is 11.9. The molecule has 16 heavy (non-hydrogen) atoms. The van der Waals surface area contributed by atoms with E-state index in [4.69, 9.17) is 11.6 Å². The van der Waals surface area contributed by atoms with Gasteiger partial charge in [0.05, 0.1) is 0 Å². The van der Waals surface area contributed by atoms with E-state index in [0.29, 0.717) is 29.5 Å². The smallest absolute Gasteiger partial charge is 0.222 e. The van der Waals surface area contributed by atoms with Gasteiger partial charge in [-0.25, -0.2) is 0 Å². The maximum atomic E-state index is 11.9. The SMILES string of the molecule is CC(CCl)CN1CCC(C(C)C)CCC1=O. The third-order valence-electron chi connectivity index (χ3n) is 3.59. The van der Waals surface area contributed by atoms with Crippen molar-refractivity contribution in [3.05, 3.63) is 0 Å². The summed E-state index contributed by atoms with van der Waals surface area (Å²) in [5.41, 5.74) is 0. The lowest BCUT2D eigenvalue weighted by atomic mass is 9.89. The summed E-state index contributed by atoms with van der Waals surface area (Å²) in [5, 5.41) is 0. The van der Waals surface area contributed by atoms with Gasteiger partial charge in [0.2, 0.25) is 5.91 Å². The van der Waals surface area contributed by atoms with Crippen molar-refractivity contribution in [3.63, 3.8) is 0 Å². The minimum atomic E-state index is 0.320. The van der Waals surface area contributed by atoms with Gasteiger partial charge in [-0.05, 0) is 30.6 Å². The van der Waals surface area contributed by atoms with Crippen molar-refractivity contribution in [3.8, 4) is 0 Å². The van der Waals surface area contributed by atoms with Crippen LogP contribution in [0.15, 0.2) is 0 Å². The molecular formula is C13H24ClNO. The lowest BCUT2D eigenvalue weighted by molar-refractivity contribution is -0.131. The van der Waals surface area contributed by atoms with Gasteiger partial charge >= 0.3 is 0 Å². The van der Waals surface area contributed by atoms with Crippen LogP contribution in [0.5, 0.6) is 0 Å². The van der Waals surface area contributed by atoms with Crippen LogP contribution in [0.3, 0.4) is 0 Å². The first-order valence-corrected chi connectivity index (χ1v) is 6.91. The number of carbonyl (C=O) groups excluding carboxylic acids is 1. The van der Waals surface area contributed by atoms with E-state index in [1.165, 1.54) is 0 Å². The van der Waals surface area contributed by atoms with Crippen molar-refractivity contribution in [1.82, 2.24) is 4.90 Å². The molecule has 1 aliphatic rings. The lowest BCUT2D eigenvalue weighted by Gasteiger charge is -2.24. The van der Waals surface area contributed by atoms with Gasteiger partial charge in [-0.3, -0.25) is 4.79 Å². The van der Waals surface area contributed by atoms with Crippen LogP contribution in [0.25, 0.3) is 0 Å². The van der Waals surface area contributed by atoms with Crippen LogP contribution < -0.4 is 0 Å². The molecule has 2 nitrogen and oxygen atoms in total. The molecule has 2 unspecified atom stereocenters. The standard InChI is InChI=1S/C13H24ClNO/c1-10(2)12-4-5-13(16)15(7-6-12)9-11(3)8-14/h10-12H,4-9H2,1-3H3. The molecule has 0 aromatic heterocycles. The number of carbonyl (C=O) groups is 1. The van der Waals surface area contributed by atoms with E-state index in [-0.39, 0.29) is 0 Å². The second kappa shape index (κ2) is 6.48. The van der Waals surface area contributed by atoms with Crippen LogP contribution in [-0.4, -0.2) is 29.8 Å². The third-order valence-corrected chi connectivity index (χ3v) is 4.12. The molecule has 0 aliphatic carbocycles. The zero-order valence-electron chi connectivity index (χ0n) is 10.7. The molecule has 0 saturated carbocycles. The molecule has 0 spiro atoms. The van der Waals surface area contributed by atoms with Gasteiger partial charge in [-0.15, -0.1) is 11.6 Å². The van der Waals surface area contributed by atoms with Gasteiger partial charge in [0, 0.05) is 25.4 Å². The van der Waals surface area contributed by atoms with Crippen LogP contribution in [0.1, 0.15) is 40.0 Å². The quantitative estimate of drug-likeness (QED) is 0.697. The molecule has 0 aromatic carbocycles. The minimum Gasteiger partial charge on any atom is -0.342 e. The summed E-state index contributed by atoms with van der Waals surface area (Å²) in [6.45, 7) is 8.36. The van der Waals surface area contributed by atoms with Gasteiger partial charge < -0.3 is 4.90 Å². The number of hydrogen-bond acceptors (Lipinski definition) is 1. The molecule has 94 valence electrons. The van der Waals surface area contributed by atoms with Crippen molar-refractivity contribution in [2.24, 2.45) is 17.8 Å². The molecule has 0 N–H and O–H groups in total. The monoisotopic (exact) mass is 245 g/mol. The Hall–Kier alpha value is -0.240. The first-order chi connectivity index (χ1) is 7.54.